The van der Waals surface area contributed by atoms with Crippen LogP contribution in [-0.2, 0) is 14.6 Å². The van der Waals surface area contributed by atoms with Crippen molar-refractivity contribution >= 4 is 44.6 Å². The second-order valence-electron chi connectivity index (χ2n) is 5.22. The minimum absolute atomic E-state index is 0.0250. The first-order chi connectivity index (χ1) is 11.2. The van der Waals surface area contributed by atoms with Gasteiger partial charge in [-0.2, -0.15) is 0 Å². The van der Waals surface area contributed by atoms with Crippen LogP contribution in [0.5, 0.6) is 0 Å². The highest BCUT2D eigenvalue weighted by atomic mass is 35.5. The predicted octanol–water partition coefficient (Wildman–Crippen LogP) is 3.33. The topological polar surface area (TPSA) is 66.5 Å². The van der Waals surface area contributed by atoms with Crippen molar-refractivity contribution in [2.24, 2.45) is 0 Å². The summed E-state index contributed by atoms with van der Waals surface area (Å²) in [5.74, 6) is -0.178. The zero-order valence-corrected chi connectivity index (χ0v) is 15.4. The molecule has 8 heteroatoms. The van der Waals surface area contributed by atoms with E-state index in [9.17, 15) is 13.2 Å². The van der Waals surface area contributed by atoms with E-state index >= 15 is 0 Å². The lowest BCUT2D eigenvalue weighted by molar-refractivity contribution is -0.126. The molecule has 0 aliphatic heterocycles. The number of carbonyl (C=O) groups excluding carboxylic acids is 1. The molecule has 0 atom stereocenters. The zero-order valence-electron chi connectivity index (χ0n) is 13.1. The van der Waals surface area contributed by atoms with Crippen LogP contribution in [0.2, 0.25) is 10.0 Å². The van der Waals surface area contributed by atoms with Gasteiger partial charge in [0.1, 0.15) is 0 Å². The van der Waals surface area contributed by atoms with Crippen molar-refractivity contribution in [3.05, 3.63) is 52.5 Å². The summed E-state index contributed by atoms with van der Waals surface area (Å²) in [5.41, 5.74) is 0.323. The van der Waals surface area contributed by atoms with Crippen molar-refractivity contribution in [2.75, 3.05) is 26.0 Å². The van der Waals surface area contributed by atoms with Gasteiger partial charge in [0.15, 0.2) is 0 Å². The van der Waals surface area contributed by atoms with E-state index in [0.29, 0.717) is 5.69 Å². The van der Waals surface area contributed by atoms with Crippen molar-refractivity contribution in [1.82, 2.24) is 4.90 Å². The fraction of sp³-hybridized carbons (Fsp3) is 0.188. The number of likely N-dealkylation sites (N-methyl/N-ethyl adjacent to an activating group) is 1. The van der Waals surface area contributed by atoms with E-state index in [-0.39, 0.29) is 32.3 Å². The molecule has 128 valence electrons. The second-order valence-corrected chi connectivity index (χ2v) is 7.95. The van der Waals surface area contributed by atoms with Crippen LogP contribution >= 0.6 is 23.2 Å². The van der Waals surface area contributed by atoms with E-state index in [1.807, 2.05) is 0 Å². The van der Waals surface area contributed by atoms with Crippen molar-refractivity contribution in [2.45, 2.75) is 9.79 Å². The van der Waals surface area contributed by atoms with Crippen molar-refractivity contribution in [1.29, 1.82) is 0 Å². The van der Waals surface area contributed by atoms with Crippen LogP contribution in [0.25, 0.3) is 0 Å². The van der Waals surface area contributed by atoms with Crippen LogP contribution in [-0.4, -0.2) is 39.9 Å². The average molecular weight is 387 g/mol. The third-order valence-corrected chi connectivity index (χ3v) is 5.82. The number of hydrogen-bond donors (Lipinski definition) is 1. The molecule has 0 spiro atoms. The van der Waals surface area contributed by atoms with Gasteiger partial charge < -0.3 is 10.2 Å². The van der Waals surface area contributed by atoms with E-state index in [1.54, 1.807) is 32.3 Å². The fourth-order valence-corrected chi connectivity index (χ4v) is 4.17. The van der Waals surface area contributed by atoms with E-state index in [1.165, 1.54) is 29.2 Å². The van der Waals surface area contributed by atoms with Crippen LogP contribution < -0.4 is 5.32 Å². The largest absolute Gasteiger partial charge is 0.375 e. The molecule has 2 aromatic rings. The Labute approximate surface area is 151 Å². The number of carbonyl (C=O) groups is 1. The van der Waals surface area contributed by atoms with Crippen LogP contribution in [0.3, 0.4) is 0 Å². The van der Waals surface area contributed by atoms with Crippen LogP contribution in [0.4, 0.5) is 5.69 Å². The summed E-state index contributed by atoms with van der Waals surface area (Å²) in [6.45, 7) is -0.0250. The molecule has 0 saturated heterocycles. The van der Waals surface area contributed by atoms with Crippen LogP contribution in [0, 0.1) is 0 Å². The minimum atomic E-state index is -3.89. The number of anilines is 1. The normalized spacial score (nSPS) is 11.2. The Hall–Kier alpha value is -1.76. The van der Waals surface area contributed by atoms with Gasteiger partial charge in [0.05, 0.1) is 27.0 Å². The van der Waals surface area contributed by atoms with Gasteiger partial charge in [-0.05, 0) is 30.3 Å². The molecular formula is C16H16Cl2N2O3S. The molecule has 2 rings (SSSR count). The molecule has 0 heterocycles. The molecule has 24 heavy (non-hydrogen) atoms. The predicted molar refractivity (Wildman–Crippen MR) is 95.5 cm³/mol. The Kier molecular flexibility index (Phi) is 5.74. The Morgan fingerprint density at radius 3 is 2.42 bits per heavy atom. The van der Waals surface area contributed by atoms with Crippen molar-refractivity contribution in [3.8, 4) is 0 Å². The maximum Gasteiger partial charge on any atom is 0.241 e. The minimum Gasteiger partial charge on any atom is -0.375 e. The molecule has 1 N–H and O–H groups in total. The fourth-order valence-electron chi connectivity index (χ4n) is 1.98. The molecule has 5 nitrogen and oxygen atoms in total. The summed E-state index contributed by atoms with van der Waals surface area (Å²) >= 11 is 11.9. The highest BCUT2D eigenvalue weighted by Crippen LogP contribution is 2.33. The smallest absolute Gasteiger partial charge is 0.241 e. The maximum atomic E-state index is 12.9. The maximum absolute atomic E-state index is 12.9. The molecule has 2 aromatic carbocycles. The van der Waals surface area contributed by atoms with Gasteiger partial charge in [0.2, 0.25) is 15.7 Å². The molecule has 0 unspecified atom stereocenters. The number of hydrogen-bond acceptors (Lipinski definition) is 4. The first kappa shape index (κ1) is 18.6. The standard InChI is InChI=1S/C16H16Cl2N2O3S/c1-20(2)16(21)10-19-13-5-3-4-6-14(13)24(22,23)15-9-11(17)7-8-12(15)18/h3-9,19H,10H2,1-2H3. The Bertz CT molecular complexity index is 867. The van der Waals surface area contributed by atoms with Gasteiger partial charge in [0.25, 0.3) is 0 Å². The number of sulfone groups is 1. The molecule has 0 aromatic heterocycles. The summed E-state index contributed by atoms with van der Waals surface area (Å²) in [6, 6.07) is 10.6. The average Bonchev–Trinajstić information content (AvgIpc) is 2.54. The SMILES string of the molecule is CN(C)C(=O)CNc1ccccc1S(=O)(=O)c1cc(Cl)ccc1Cl. The van der Waals surface area contributed by atoms with Gasteiger partial charge in [-0.15, -0.1) is 0 Å². The Balaban J connectivity index is 2.44. The summed E-state index contributed by atoms with van der Waals surface area (Å²) in [5, 5.41) is 3.21. The lowest BCUT2D eigenvalue weighted by Gasteiger charge is -2.15. The lowest BCUT2D eigenvalue weighted by atomic mass is 10.3. The molecule has 0 aliphatic carbocycles. The van der Waals surface area contributed by atoms with E-state index in [0.717, 1.165) is 0 Å². The first-order valence-electron chi connectivity index (χ1n) is 6.96. The molecule has 0 radical (unpaired) electrons. The van der Waals surface area contributed by atoms with E-state index in [4.69, 9.17) is 23.2 Å². The van der Waals surface area contributed by atoms with E-state index in [2.05, 4.69) is 5.32 Å². The van der Waals surface area contributed by atoms with Gasteiger partial charge >= 0.3 is 0 Å². The highest BCUT2D eigenvalue weighted by Gasteiger charge is 2.24. The number of halogens is 2. The molecule has 1 amide bonds. The highest BCUT2D eigenvalue weighted by molar-refractivity contribution is 7.91. The third kappa shape index (κ3) is 4.01. The van der Waals surface area contributed by atoms with Gasteiger partial charge in [-0.3, -0.25) is 4.79 Å². The van der Waals surface area contributed by atoms with Crippen molar-refractivity contribution in [3.63, 3.8) is 0 Å². The molecule has 0 saturated carbocycles. The third-order valence-electron chi connectivity index (χ3n) is 3.29. The Morgan fingerprint density at radius 2 is 1.75 bits per heavy atom. The number of para-hydroxylation sites is 1. The lowest BCUT2D eigenvalue weighted by Crippen LogP contribution is -2.29. The monoisotopic (exact) mass is 386 g/mol. The van der Waals surface area contributed by atoms with E-state index < -0.39 is 9.84 Å². The van der Waals surface area contributed by atoms with Crippen molar-refractivity contribution < 1.29 is 13.2 Å². The summed E-state index contributed by atoms with van der Waals surface area (Å²) in [4.78, 5) is 13.1. The second kappa shape index (κ2) is 7.42. The molecule has 0 fully saturated rings. The molecule has 0 bridgehead atoms. The number of nitrogens with zero attached hydrogens (tertiary/aromatic N) is 1. The van der Waals surface area contributed by atoms with Gasteiger partial charge in [-0.1, -0.05) is 35.3 Å². The summed E-state index contributed by atoms with van der Waals surface area (Å²) in [7, 11) is -0.648. The molecule has 0 aliphatic rings. The zero-order chi connectivity index (χ0) is 17.9. The number of rotatable bonds is 5. The molecular weight excluding hydrogens is 371 g/mol. The first-order valence-corrected chi connectivity index (χ1v) is 9.20. The van der Waals surface area contributed by atoms with Crippen LogP contribution in [0.15, 0.2) is 52.3 Å². The number of nitrogens with one attached hydrogen (secondary N) is 1. The summed E-state index contributed by atoms with van der Waals surface area (Å²) in [6.07, 6.45) is 0. The summed E-state index contributed by atoms with van der Waals surface area (Å²) < 4.78 is 25.9. The number of amides is 1. The van der Waals surface area contributed by atoms with Gasteiger partial charge in [0, 0.05) is 19.1 Å². The quantitative estimate of drug-likeness (QED) is 0.855. The van der Waals surface area contributed by atoms with Gasteiger partial charge in [-0.25, -0.2) is 8.42 Å². The Morgan fingerprint density at radius 1 is 1.08 bits per heavy atom. The number of benzene rings is 2. The van der Waals surface area contributed by atoms with Crippen LogP contribution in [0.1, 0.15) is 0 Å².